The smallest absolute Gasteiger partial charge is 0.0625 e. The van der Waals surface area contributed by atoms with Crippen molar-refractivity contribution in [1.29, 1.82) is 0 Å². The summed E-state index contributed by atoms with van der Waals surface area (Å²) in [5.41, 5.74) is 0. The lowest BCUT2D eigenvalue weighted by Gasteiger charge is -2.30. The summed E-state index contributed by atoms with van der Waals surface area (Å²) in [5, 5.41) is 3.59. The molecule has 17 heavy (non-hydrogen) atoms. The predicted octanol–water partition coefficient (Wildman–Crippen LogP) is 3.61. The van der Waals surface area contributed by atoms with E-state index < -0.39 is 0 Å². The van der Waals surface area contributed by atoms with E-state index in [2.05, 4.69) is 33.0 Å². The molecule has 0 saturated heterocycles. The molecule has 0 aromatic heterocycles. The number of nitrogens with one attached hydrogen (secondary N) is 1. The van der Waals surface area contributed by atoms with Gasteiger partial charge in [0.25, 0.3) is 0 Å². The van der Waals surface area contributed by atoms with E-state index in [1.54, 1.807) is 0 Å². The van der Waals surface area contributed by atoms with Crippen molar-refractivity contribution in [3.63, 3.8) is 0 Å². The molecule has 1 rings (SSSR count). The third kappa shape index (κ3) is 5.87. The van der Waals surface area contributed by atoms with Gasteiger partial charge in [0, 0.05) is 6.04 Å². The Balaban J connectivity index is 2.25. The minimum atomic E-state index is 0.517. The number of ether oxygens (including phenoxy) is 1. The summed E-state index contributed by atoms with van der Waals surface area (Å²) in [5.74, 6) is 1.51. The zero-order valence-electron chi connectivity index (χ0n) is 12.2. The predicted molar refractivity (Wildman–Crippen MR) is 74.3 cm³/mol. The Hall–Kier alpha value is -0.0800. The maximum Gasteiger partial charge on any atom is 0.0625 e. The van der Waals surface area contributed by atoms with Gasteiger partial charge in [-0.15, -0.1) is 0 Å². The average Bonchev–Trinajstić information content (AvgIpc) is 2.28. The molecule has 1 aliphatic carbocycles. The maximum atomic E-state index is 6.11. The Bertz CT molecular complexity index is 193. The van der Waals surface area contributed by atoms with Crippen LogP contribution in [0, 0.1) is 11.8 Å². The third-order valence-electron chi connectivity index (χ3n) is 3.86. The van der Waals surface area contributed by atoms with Crippen molar-refractivity contribution in [3.05, 3.63) is 0 Å². The second kappa shape index (κ2) is 8.10. The molecule has 102 valence electrons. The van der Waals surface area contributed by atoms with Crippen LogP contribution in [-0.4, -0.2) is 25.3 Å². The third-order valence-corrected chi connectivity index (χ3v) is 3.86. The van der Waals surface area contributed by atoms with Gasteiger partial charge in [0.2, 0.25) is 0 Å². The van der Waals surface area contributed by atoms with Crippen LogP contribution >= 0.6 is 0 Å². The van der Waals surface area contributed by atoms with E-state index in [9.17, 15) is 0 Å². The minimum Gasteiger partial charge on any atom is -0.377 e. The quantitative estimate of drug-likeness (QED) is 0.735. The Labute approximate surface area is 108 Å². The molecule has 0 amide bonds. The van der Waals surface area contributed by atoms with Crippen LogP contribution in [0.3, 0.4) is 0 Å². The lowest BCUT2D eigenvalue weighted by atomic mass is 9.88. The maximum absolute atomic E-state index is 6.11. The highest BCUT2D eigenvalue weighted by molar-refractivity contribution is 4.74. The molecule has 0 bridgehead atoms. The molecular weight excluding hydrogens is 210 g/mol. The highest BCUT2D eigenvalue weighted by atomic mass is 16.5. The van der Waals surface area contributed by atoms with Gasteiger partial charge in [-0.1, -0.05) is 40.5 Å². The van der Waals surface area contributed by atoms with E-state index in [4.69, 9.17) is 4.74 Å². The van der Waals surface area contributed by atoms with E-state index >= 15 is 0 Å². The Morgan fingerprint density at radius 1 is 1.29 bits per heavy atom. The molecule has 3 atom stereocenters. The van der Waals surface area contributed by atoms with E-state index in [1.807, 2.05) is 0 Å². The van der Waals surface area contributed by atoms with E-state index in [1.165, 1.54) is 32.1 Å². The van der Waals surface area contributed by atoms with Crippen molar-refractivity contribution in [2.75, 3.05) is 13.2 Å². The number of hydrogen-bond acceptors (Lipinski definition) is 2. The van der Waals surface area contributed by atoms with Crippen LogP contribution in [0.15, 0.2) is 0 Å². The molecule has 2 nitrogen and oxygen atoms in total. The van der Waals surface area contributed by atoms with Crippen molar-refractivity contribution in [2.24, 2.45) is 11.8 Å². The number of hydrogen-bond donors (Lipinski definition) is 1. The normalized spacial score (nSPS) is 27.4. The zero-order chi connectivity index (χ0) is 12.7. The summed E-state index contributed by atoms with van der Waals surface area (Å²) in [7, 11) is 0. The summed E-state index contributed by atoms with van der Waals surface area (Å²) < 4.78 is 6.11. The van der Waals surface area contributed by atoms with Crippen molar-refractivity contribution >= 4 is 0 Å². The molecule has 0 aromatic carbocycles. The van der Waals surface area contributed by atoms with Crippen LogP contribution in [0.4, 0.5) is 0 Å². The first-order chi connectivity index (χ1) is 8.13. The van der Waals surface area contributed by atoms with Gasteiger partial charge in [0.05, 0.1) is 12.7 Å². The highest BCUT2D eigenvalue weighted by Crippen LogP contribution is 2.25. The summed E-state index contributed by atoms with van der Waals surface area (Å²) in [6.07, 6.45) is 6.98. The van der Waals surface area contributed by atoms with Gasteiger partial charge in [-0.05, 0) is 37.6 Å². The fourth-order valence-corrected chi connectivity index (χ4v) is 2.59. The van der Waals surface area contributed by atoms with Gasteiger partial charge in [-0.3, -0.25) is 0 Å². The van der Waals surface area contributed by atoms with Gasteiger partial charge >= 0.3 is 0 Å². The van der Waals surface area contributed by atoms with E-state index in [0.717, 1.165) is 19.1 Å². The van der Waals surface area contributed by atoms with Crippen LogP contribution < -0.4 is 5.32 Å². The van der Waals surface area contributed by atoms with Crippen LogP contribution in [0.25, 0.3) is 0 Å². The van der Waals surface area contributed by atoms with Crippen LogP contribution in [-0.2, 0) is 4.74 Å². The molecule has 1 fully saturated rings. The molecule has 1 aliphatic rings. The average molecular weight is 241 g/mol. The molecular formula is C15H31NO. The van der Waals surface area contributed by atoms with E-state index in [0.29, 0.717) is 18.1 Å². The summed E-state index contributed by atoms with van der Waals surface area (Å²) in [6.45, 7) is 11.1. The first-order valence-corrected chi connectivity index (χ1v) is 7.48. The summed E-state index contributed by atoms with van der Waals surface area (Å²) >= 11 is 0. The second-order valence-electron chi connectivity index (χ2n) is 6.03. The molecule has 1 N–H and O–H groups in total. The fourth-order valence-electron chi connectivity index (χ4n) is 2.59. The molecule has 3 unspecified atom stereocenters. The Morgan fingerprint density at radius 2 is 2.06 bits per heavy atom. The van der Waals surface area contributed by atoms with Crippen molar-refractivity contribution in [2.45, 2.75) is 71.9 Å². The van der Waals surface area contributed by atoms with Gasteiger partial charge in [0.15, 0.2) is 0 Å². The fraction of sp³-hybridized carbons (Fsp3) is 1.00. The van der Waals surface area contributed by atoms with E-state index in [-0.39, 0.29) is 0 Å². The van der Waals surface area contributed by atoms with Crippen LogP contribution in [0.2, 0.25) is 0 Å². The monoisotopic (exact) mass is 241 g/mol. The lowest BCUT2D eigenvalue weighted by molar-refractivity contribution is -0.00147. The van der Waals surface area contributed by atoms with Crippen molar-refractivity contribution in [1.82, 2.24) is 5.32 Å². The largest absolute Gasteiger partial charge is 0.377 e. The molecule has 1 saturated carbocycles. The Morgan fingerprint density at radius 3 is 2.65 bits per heavy atom. The van der Waals surface area contributed by atoms with Crippen LogP contribution in [0.1, 0.15) is 59.8 Å². The van der Waals surface area contributed by atoms with Gasteiger partial charge in [-0.2, -0.15) is 0 Å². The molecule has 0 spiro atoms. The molecule has 0 aromatic rings. The standard InChI is InChI=1S/C15H31NO/c1-5-9-16-15(12(2)3)11-17-14-8-6-7-13(4)10-14/h12-16H,5-11H2,1-4H3. The minimum absolute atomic E-state index is 0.517. The second-order valence-corrected chi connectivity index (χ2v) is 6.03. The Kier molecular flexibility index (Phi) is 7.14. The van der Waals surface area contributed by atoms with Crippen molar-refractivity contribution < 1.29 is 4.74 Å². The first kappa shape index (κ1) is 15.0. The highest BCUT2D eigenvalue weighted by Gasteiger charge is 2.21. The van der Waals surface area contributed by atoms with Gasteiger partial charge in [0.1, 0.15) is 0 Å². The van der Waals surface area contributed by atoms with Gasteiger partial charge in [-0.25, -0.2) is 0 Å². The van der Waals surface area contributed by atoms with Crippen molar-refractivity contribution in [3.8, 4) is 0 Å². The number of rotatable bonds is 7. The summed E-state index contributed by atoms with van der Waals surface area (Å²) in [6, 6.07) is 0.521. The lowest BCUT2D eigenvalue weighted by Crippen LogP contribution is -2.40. The molecule has 2 heteroatoms. The SMILES string of the molecule is CCCNC(COC1CCCC(C)C1)C(C)C. The molecule has 0 heterocycles. The molecule has 0 aliphatic heterocycles. The first-order valence-electron chi connectivity index (χ1n) is 7.48. The van der Waals surface area contributed by atoms with Crippen LogP contribution in [0.5, 0.6) is 0 Å². The topological polar surface area (TPSA) is 21.3 Å². The van der Waals surface area contributed by atoms with Gasteiger partial charge < -0.3 is 10.1 Å². The zero-order valence-corrected chi connectivity index (χ0v) is 12.2. The molecule has 0 radical (unpaired) electrons. The summed E-state index contributed by atoms with van der Waals surface area (Å²) in [4.78, 5) is 0.